The highest BCUT2D eigenvalue weighted by Gasteiger charge is 2.07. The molecule has 0 aliphatic heterocycles. The maximum Gasteiger partial charge on any atom is 0.167 e. The van der Waals surface area contributed by atoms with E-state index in [0.717, 1.165) is 11.1 Å². The zero-order valence-corrected chi connectivity index (χ0v) is 13.1. The molecule has 110 valence electrons. The van der Waals surface area contributed by atoms with Crippen molar-refractivity contribution in [1.82, 2.24) is 10.6 Å². The minimum absolute atomic E-state index is 0.0527. The van der Waals surface area contributed by atoms with Crippen LogP contribution >= 0.6 is 23.8 Å². The van der Waals surface area contributed by atoms with Gasteiger partial charge in [-0.2, -0.15) is 0 Å². The highest BCUT2D eigenvalue weighted by atomic mass is 35.5. The second kappa shape index (κ2) is 7.38. The third-order valence-corrected chi connectivity index (χ3v) is 3.56. The van der Waals surface area contributed by atoms with Gasteiger partial charge in [-0.1, -0.05) is 35.9 Å². The van der Waals surface area contributed by atoms with Crippen LogP contribution in [0.25, 0.3) is 0 Å². The lowest BCUT2D eigenvalue weighted by molar-refractivity contribution is 0.626. The van der Waals surface area contributed by atoms with Crippen LogP contribution in [0.2, 0.25) is 5.02 Å². The van der Waals surface area contributed by atoms with Crippen molar-refractivity contribution in [2.45, 2.75) is 19.5 Å². The van der Waals surface area contributed by atoms with E-state index in [-0.39, 0.29) is 11.9 Å². The van der Waals surface area contributed by atoms with Gasteiger partial charge in [0.2, 0.25) is 0 Å². The monoisotopic (exact) mass is 322 g/mol. The van der Waals surface area contributed by atoms with Crippen molar-refractivity contribution in [3.05, 3.63) is 70.5 Å². The summed E-state index contributed by atoms with van der Waals surface area (Å²) in [6, 6.07) is 14.0. The molecule has 0 radical (unpaired) electrons. The maximum absolute atomic E-state index is 12.8. The number of hydrogen-bond acceptors (Lipinski definition) is 1. The summed E-state index contributed by atoms with van der Waals surface area (Å²) >= 11 is 11.2. The molecule has 0 heterocycles. The Bertz CT molecular complexity index is 616. The van der Waals surface area contributed by atoms with Crippen molar-refractivity contribution in [2.75, 3.05) is 0 Å². The van der Waals surface area contributed by atoms with Gasteiger partial charge in [0.25, 0.3) is 0 Å². The molecule has 0 unspecified atom stereocenters. The Morgan fingerprint density at radius 3 is 2.62 bits per heavy atom. The van der Waals surface area contributed by atoms with E-state index in [9.17, 15) is 4.39 Å². The SMILES string of the molecule is C[C@H](NC(=S)NCc1ccc(F)cc1)c1cccc(Cl)c1. The van der Waals surface area contributed by atoms with E-state index < -0.39 is 0 Å². The van der Waals surface area contributed by atoms with Crippen LogP contribution < -0.4 is 10.6 Å². The molecule has 2 nitrogen and oxygen atoms in total. The van der Waals surface area contributed by atoms with Crippen molar-refractivity contribution in [1.29, 1.82) is 0 Å². The van der Waals surface area contributed by atoms with Crippen LogP contribution in [-0.4, -0.2) is 5.11 Å². The van der Waals surface area contributed by atoms with Crippen molar-refractivity contribution in [2.24, 2.45) is 0 Å². The van der Waals surface area contributed by atoms with Gasteiger partial charge >= 0.3 is 0 Å². The van der Waals surface area contributed by atoms with E-state index in [0.29, 0.717) is 16.7 Å². The smallest absolute Gasteiger partial charge is 0.167 e. The van der Waals surface area contributed by atoms with Gasteiger partial charge in [0.05, 0.1) is 6.04 Å². The van der Waals surface area contributed by atoms with Crippen LogP contribution in [0.5, 0.6) is 0 Å². The van der Waals surface area contributed by atoms with Crippen molar-refractivity contribution < 1.29 is 4.39 Å². The summed E-state index contributed by atoms with van der Waals surface area (Å²) in [5.41, 5.74) is 2.03. The summed E-state index contributed by atoms with van der Waals surface area (Å²) in [5, 5.41) is 7.54. The minimum Gasteiger partial charge on any atom is -0.359 e. The molecule has 0 bridgehead atoms. The number of thiocarbonyl (C=S) groups is 1. The third-order valence-electron chi connectivity index (χ3n) is 3.06. The van der Waals surface area contributed by atoms with Gasteiger partial charge < -0.3 is 10.6 Å². The zero-order chi connectivity index (χ0) is 15.2. The number of nitrogens with one attached hydrogen (secondary N) is 2. The lowest BCUT2D eigenvalue weighted by Gasteiger charge is -2.17. The molecule has 2 aromatic rings. The number of hydrogen-bond donors (Lipinski definition) is 2. The molecule has 2 aromatic carbocycles. The van der Waals surface area contributed by atoms with Gasteiger partial charge in [0.15, 0.2) is 5.11 Å². The Balaban J connectivity index is 1.85. The van der Waals surface area contributed by atoms with E-state index in [1.807, 2.05) is 31.2 Å². The molecule has 5 heteroatoms. The molecule has 0 saturated heterocycles. The molecule has 2 rings (SSSR count). The van der Waals surface area contributed by atoms with Crippen molar-refractivity contribution in [3.63, 3.8) is 0 Å². The van der Waals surface area contributed by atoms with Gasteiger partial charge in [-0.25, -0.2) is 4.39 Å². The van der Waals surface area contributed by atoms with Crippen LogP contribution in [0.3, 0.4) is 0 Å². The highest BCUT2D eigenvalue weighted by Crippen LogP contribution is 2.17. The summed E-state index contributed by atoms with van der Waals surface area (Å²) in [6.07, 6.45) is 0. The van der Waals surface area contributed by atoms with E-state index in [1.54, 1.807) is 12.1 Å². The standard InChI is InChI=1S/C16H16ClFN2S/c1-11(13-3-2-4-14(17)9-13)20-16(21)19-10-12-5-7-15(18)8-6-12/h2-9,11H,10H2,1H3,(H2,19,20,21)/t11-/m0/s1. The largest absolute Gasteiger partial charge is 0.359 e. The average Bonchev–Trinajstić information content (AvgIpc) is 2.46. The Hall–Kier alpha value is -1.65. The molecule has 21 heavy (non-hydrogen) atoms. The Morgan fingerprint density at radius 1 is 1.24 bits per heavy atom. The van der Waals surface area contributed by atoms with Crippen LogP contribution in [0, 0.1) is 5.82 Å². The predicted molar refractivity (Wildman–Crippen MR) is 88.8 cm³/mol. The fourth-order valence-electron chi connectivity index (χ4n) is 1.89. The van der Waals surface area contributed by atoms with Gasteiger partial charge in [-0.15, -0.1) is 0 Å². The molecule has 2 N–H and O–H groups in total. The molecule has 1 atom stereocenters. The van der Waals surface area contributed by atoms with Gasteiger partial charge in [-0.05, 0) is 54.5 Å². The zero-order valence-electron chi connectivity index (χ0n) is 11.6. The van der Waals surface area contributed by atoms with Crippen molar-refractivity contribution in [3.8, 4) is 0 Å². The van der Waals surface area contributed by atoms with Crippen LogP contribution in [-0.2, 0) is 6.54 Å². The molecule has 0 saturated carbocycles. The van der Waals surface area contributed by atoms with Gasteiger partial charge in [0.1, 0.15) is 5.82 Å². The third kappa shape index (κ3) is 4.99. The van der Waals surface area contributed by atoms with E-state index in [4.69, 9.17) is 23.8 Å². The molecule has 0 amide bonds. The van der Waals surface area contributed by atoms with Crippen LogP contribution in [0.4, 0.5) is 4.39 Å². The summed E-state index contributed by atoms with van der Waals surface area (Å²) in [4.78, 5) is 0. The van der Waals surface area contributed by atoms with Crippen molar-refractivity contribution >= 4 is 28.9 Å². The first-order valence-electron chi connectivity index (χ1n) is 6.59. The first-order valence-corrected chi connectivity index (χ1v) is 7.37. The fourth-order valence-corrected chi connectivity index (χ4v) is 2.34. The minimum atomic E-state index is -0.242. The maximum atomic E-state index is 12.8. The number of benzene rings is 2. The summed E-state index contributed by atoms with van der Waals surface area (Å²) in [7, 11) is 0. The van der Waals surface area contributed by atoms with Gasteiger partial charge in [0, 0.05) is 11.6 Å². The summed E-state index contributed by atoms with van der Waals surface area (Å²) in [5.74, 6) is -0.242. The van der Waals surface area contributed by atoms with Gasteiger partial charge in [-0.3, -0.25) is 0 Å². The first kappa shape index (κ1) is 15.7. The average molecular weight is 323 g/mol. The number of rotatable bonds is 4. The lowest BCUT2D eigenvalue weighted by atomic mass is 10.1. The second-order valence-corrected chi connectivity index (χ2v) is 5.57. The van der Waals surface area contributed by atoms with E-state index in [2.05, 4.69) is 10.6 Å². The Kier molecular flexibility index (Phi) is 5.53. The lowest BCUT2D eigenvalue weighted by Crippen LogP contribution is -2.36. The molecule has 0 aliphatic carbocycles. The first-order chi connectivity index (χ1) is 10.0. The van der Waals surface area contributed by atoms with E-state index >= 15 is 0 Å². The molecule has 0 aromatic heterocycles. The molecular formula is C16H16ClFN2S. The van der Waals surface area contributed by atoms with Crippen LogP contribution in [0.1, 0.15) is 24.1 Å². The predicted octanol–water partition coefficient (Wildman–Crippen LogP) is 4.20. The van der Waals surface area contributed by atoms with Crippen LogP contribution in [0.15, 0.2) is 48.5 Å². The molecule has 0 aliphatic rings. The summed E-state index contributed by atoms with van der Waals surface area (Å²) in [6.45, 7) is 2.56. The topological polar surface area (TPSA) is 24.1 Å². The molecule has 0 fully saturated rings. The van der Waals surface area contributed by atoms with E-state index in [1.165, 1.54) is 12.1 Å². The summed E-state index contributed by atoms with van der Waals surface area (Å²) < 4.78 is 12.8. The number of halogens is 2. The quantitative estimate of drug-likeness (QED) is 0.825. The Labute approximate surface area is 134 Å². The highest BCUT2D eigenvalue weighted by molar-refractivity contribution is 7.80. The fraction of sp³-hybridized carbons (Fsp3) is 0.188. The second-order valence-electron chi connectivity index (χ2n) is 4.73. The molecular weight excluding hydrogens is 307 g/mol. The Morgan fingerprint density at radius 2 is 1.95 bits per heavy atom. The molecule has 0 spiro atoms. The normalized spacial score (nSPS) is 11.8.